The van der Waals surface area contributed by atoms with Gasteiger partial charge >= 0.3 is 0 Å². The van der Waals surface area contributed by atoms with Crippen LogP contribution < -0.4 is 0 Å². The van der Waals surface area contributed by atoms with E-state index in [0.717, 1.165) is 16.7 Å². The largest absolute Gasteiger partial charge is 0.394 e. The van der Waals surface area contributed by atoms with Crippen molar-refractivity contribution in [3.8, 4) is 0 Å². The average molecular weight is 521 g/mol. The first-order valence-corrected chi connectivity index (χ1v) is 12.8. The van der Waals surface area contributed by atoms with Gasteiger partial charge in [0.15, 0.2) is 6.29 Å². The molecule has 1 saturated heterocycles. The van der Waals surface area contributed by atoms with Gasteiger partial charge in [-0.05, 0) is 16.7 Å². The van der Waals surface area contributed by atoms with Gasteiger partial charge < -0.3 is 34.3 Å². The summed E-state index contributed by atoms with van der Waals surface area (Å²) in [6, 6.07) is 29.0. The van der Waals surface area contributed by atoms with Crippen LogP contribution in [-0.2, 0) is 38.8 Å². The van der Waals surface area contributed by atoms with Gasteiger partial charge in [0.1, 0.15) is 18.3 Å². The molecular formula is C31H36O7. The molecule has 38 heavy (non-hydrogen) atoms. The molecule has 1 aliphatic heterocycles. The first-order valence-electron chi connectivity index (χ1n) is 12.8. The Morgan fingerprint density at radius 1 is 0.711 bits per heavy atom. The zero-order valence-corrected chi connectivity index (χ0v) is 21.3. The molecule has 0 aliphatic carbocycles. The van der Waals surface area contributed by atoms with Gasteiger partial charge in [-0.15, -0.1) is 6.58 Å². The lowest BCUT2D eigenvalue weighted by molar-refractivity contribution is -0.320. The van der Waals surface area contributed by atoms with Crippen LogP contribution in [0.15, 0.2) is 104 Å². The highest BCUT2D eigenvalue weighted by Crippen LogP contribution is 2.34. The number of ether oxygens (including phenoxy) is 4. The van der Waals surface area contributed by atoms with Crippen LogP contribution in [0.1, 0.15) is 16.7 Å². The third-order valence-corrected chi connectivity index (χ3v) is 6.69. The Morgan fingerprint density at radius 3 is 1.55 bits per heavy atom. The second kappa shape index (κ2) is 14.3. The summed E-state index contributed by atoms with van der Waals surface area (Å²) in [5.41, 5.74) is 2.83. The fraction of sp³-hybridized carbons (Fsp3) is 0.355. The molecule has 0 radical (unpaired) electrons. The van der Waals surface area contributed by atoms with Gasteiger partial charge in [-0.25, -0.2) is 0 Å². The zero-order chi connectivity index (χ0) is 26.7. The van der Waals surface area contributed by atoms with Crippen molar-refractivity contribution in [2.45, 2.75) is 56.6 Å². The molecule has 7 heteroatoms. The number of aliphatic hydroxyl groups excluding tert-OH is 3. The molecule has 0 bridgehead atoms. The summed E-state index contributed by atoms with van der Waals surface area (Å²) < 4.78 is 25.0. The highest BCUT2D eigenvalue weighted by Gasteiger charge is 2.50. The fourth-order valence-corrected chi connectivity index (χ4v) is 4.65. The topological polar surface area (TPSA) is 97.6 Å². The number of aliphatic hydroxyl groups is 3. The third-order valence-electron chi connectivity index (χ3n) is 6.69. The molecule has 7 nitrogen and oxygen atoms in total. The van der Waals surface area contributed by atoms with Crippen LogP contribution in [0, 0.1) is 5.92 Å². The molecule has 0 aromatic heterocycles. The van der Waals surface area contributed by atoms with Gasteiger partial charge in [-0.3, -0.25) is 0 Å². The first kappa shape index (κ1) is 28.1. The van der Waals surface area contributed by atoms with E-state index >= 15 is 0 Å². The van der Waals surface area contributed by atoms with E-state index in [1.165, 1.54) is 6.08 Å². The molecule has 1 aliphatic rings. The van der Waals surface area contributed by atoms with E-state index in [1.807, 2.05) is 91.0 Å². The van der Waals surface area contributed by atoms with Gasteiger partial charge in [0, 0.05) is 5.92 Å². The Kier molecular flexibility index (Phi) is 10.6. The van der Waals surface area contributed by atoms with Gasteiger partial charge in [0.2, 0.25) is 0 Å². The first-order chi connectivity index (χ1) is 18.6. The molecular weight excluding hydrogens is 484 g/mol. The van der Waals surface area contributed by atoms with Crippen molar-refractivity contribution in [3.63, 3.8) is 0 Å². The smallest absolute Gasteiger partial charge is 0.184 e. The lowest BCUT2D eigenvalue weighted by Crippen LogP contribution is -2.62. The maximum atomic E-state index is 11.1. The summed E-state index contributed by atoms with van der Waals surface area (Å²) in [7, 11) is 0. The van der Waals surface area contributed by atoms with E-state index in [0.29, 0.717) is 0 Å². The van der Waals surface area contributed by atoms with Crippen LogP contribution in [0.4, 0.5) is 0 Å². The van der Waals surface area contributed by atoms with Crippen LogP contribution in [0.5, 0.6) is 0 Å². The van der Waals surface area contributed by atoms with E-state index in [1.54, 1.807) is 0 Å². The summed E-state index contributed by atoms with van der Waals surface area (Å²) in [6.07, 6.45) is -4.27. The van der Waals surface area contributed by atoms with Crippen molar-refractivity contribution < 1.29 is 34.3 Å². The number of benzene rings is 3. The van der Waals surface area contributed by atoms with Crippen LogP contribution >= 0.6 is 0 Å². The van der Waals surface area contributed by atoms with E-state index in [9.17, 15) is 15.3 Å². The van der Waals surface area contributed by atoms with E-state index in [4.69, 9.17) is 18.9 Å². The molecule has 0 amide bonds. The third kappa shape index (κ3) is 7.36. The summed E-state index contributed by atoms with van der Waals surface area (Å²) in [4.78, 5) is 0. The minimum Gasteiger partial charge on any atom is -0.394 e. The number of hydrogen-bond acceptors (Lipinski definition) is 7. The Hall–Kier alpha value is -2.88. The number of rotatable bonds is 13. The molecule has 3 aromatic rings. The Morgan fingerprint density at radius 2 is 1.13 bits per heavy atom. The minimum atomic E-state index is -1.37. The molecule has 0 unspecified atom stereocenters. The van der Waals surface area contributed by atoms with Crippen LogP contribution in [0.3, 0.4) is 0 Å². The Bertz CT molecular complexity index is 1080. The van der Waals surface area contributed by atoms with Crippen molar-refractivity contribution in [1.82, 2.24) is 0 Å². The standard InChI is InChI=1S/C31H36O7/c1-2-25(26(33)18-32)27-28(35-19-22-12-6-3-7-13-22)29(36-20-23-14-8-4-9-15-23)30(31(34)38-27)37-21-24-16-10-5-11-17-24/h2-17,25-34H,1,18-21H2/t25-,26-,27-,28-,29+,30+,31+/m1/s1. The predicted molar refractivity (Wildman–Crippen MR) is 143 cm³/mol. The van der Waals surface area contributed by atoms with E-state index < -0.39 is 49.3 Å². The summed E-state index contributed by atoms with van der Waals surface area (Å²) in [5, 5.41) is 31.4. The molecule has 0 saturated carbocycles. The van der Waals surface area contributed by atoms with Gasteiger partial charge in [0.25, 0.3) is 0 Å². The van der Waals surface area contributed by atoms with Crippen molar-refractivity contribution >= 4 is 0 Å². The van der Waals surface area contributed by atoms with E-state index in [-0.39, 0.29) is 19.8 Å². The molecule has 3 N–H and O–H groups in total. The SMILES string of the molecule is C=C[C@@H]([C@H]1O[C@H](O)[C@@H](OCc2ccccc2)[C@@H](OCc2ccccc2)[C@@H]1OCc1ccccc1)[C@H](O)CO. The maximum Gasteiger partial charge on any atom is 0.184 e. The fourth-order valence-electron chi connectivity index (χ4n) is 4.65. The highest BCUT2D eigenvalue weighted by atomic mass is 16.7. The number of hydrogen-bond donors (Lipinski definition) is 3. The van der Waals surface area contributed by atoms with Crippen molar-refractivity contribution in [2.75, 3.05) is 6.61 Å². The normalized spacial score (nSPS) is 25.0. The Labute approximate surface area is 223 Å². The quantitative estimate of drug-likeness (QED) is 0.296. The molecule has 3 aromatic carbocycles. The maximum absolute atomic E-state index is 11.1. The van der Waals surface area contributed by atoms with Crippen LogP contribution in [-0.4, -0.2) is 58.7 Å². The summed E-state index contributed by atoms with van der Waals surface area (Å²) in [5.74, 6) is -0.728. The molecule has 202 valence electrons. The van der Waals surface area contributed by atoms with Crippen molar-refractivity contribution in [3.05, 3.63) is 120 Å². The highest BCUT2D eigenvalue weighted by molar-refractivity contribution is 5.16. The lowest BCUT2D eigenvalue weighted by Gasteiger charge is -2.47. The van der Waals surface area contributed by atoms with Gasteiger partial charge in [-0.2, -0.15) is 0 Å². The average Bonchev–Trinajstić information content (AvgIpc) is 2.96. The van der Waals surface area contributed by atoms with Crippen LogP contribution in [0.2, 0.25) is 0 Å². The Balaban J connectivity index is 1.64. The van der Waals surface area contributed by atoms with Crippen LogP contribution in [0.25, 0.3) is 0 Å². The van der Waals surface area contributed by atoms with Crippen molar-refractivity contribution in [1.29, 1.82) is 0 Å². The zero-order valence-electron chi connectivity index (χ0n) is 21.3. The monoisotopic (exact) mass is 520 g/mol. The molecule has 0 spiro atoms. The van der Waals surface area contributed by atoms with E-state index in [2.05, 4.69) is 6.58 Å². The molecule has 1 fully saturated rings. The van der Waals surface area contributed by atoms with Crippen molar-refractivity contribution in [2.24, 2.45) is 5.92 Å². The lowest BCUT2D eigenvalue weighted by atomic mass is 9.86. The minimum absolute atomic E-state index is 0.233. The summed E-state index contributed by atoms with van der Waals surface area (Å²) >= 11 is 0. The second-order valence-electron chi connectivity index (χ2n) is 9.34. The summed E-state index contributed by atoms with van der Waals surface area (Å²) in [6.45, 7) is 4.07. The molecule has 4 rings (SSSR count). The second-order valence-corrected chi connectivity index (χ2v) is 9.34. The van der Waals surface area contributed by atoms with Gasteiger partial charge in [-0.1, -0.05) is 97.1 Å². The van der Waals surface area contributed by atoms with Gasteiger partial charge in [0.05, 0.1) is 38.6 Å². The molecule has 1 heterocycles. The molecule has 7 atom stereocenters. The predicted octanol–water partition coefficient (Wildman–Crippen LogP) is 3.62.